The Balaban J connectivity index is 1.37. The molecule has 0 radical (unpaired) electrons. The molecule has 8 nitrogen and oxygen atoms in total. The maximum atomic E-state index is 12.7. The SMILES string of the molecule is Cc1nnc2n1CC(C(=O)O)N(C(=O)CCCOc1cccc3ccccc13)C2. The molecule has 8 heteroatoms. The number of rotatable bonds is 6. The van der Waals surface area contributed by atoms with Crippen molar-refractivity contribution in [3.05, 3.63) is 54.1 Å². The summed E-state index contributed by atoms with van der Waals surface area (Å²) in [4.78, 5) is 25.8. The predicted octanol–water partition coefficient (Wildman–Crippen LogP) is 2.39. The van der Waals surface area contributed by atoms with Crippen LogP contribution in [0.5, 0.6) is 5.75 Å². The molecule has 1 unspecified atom stereocenters. The molecular formula is C21H22N4O4. The van der Waals surface area contributed by atoms with Gasteiger partial charge in [0.15, 0.2) is 5.82 Å². The minimum atomic E-state index is -1.02. The molecule has 1 N–H and O–H groups in total. The summed E-state index contributed by atoms with van der Waals surface area (Å²) in [6.45, 7) is 2.47. The van der Waals surface area contributed by atoms with Gasteiger partial charge in [-0.15, -0.1) is 10.2 Å². The van der Waals surface area contributed by atoms with Crippen LogP contribution in [0.3, 0.4) is 0 Å². The number of fused-ring (bicyclic) bond motifs is 2. The van der Waals surface area contributed by atoms with E-state index in [9.17, 15) is 14.7 Å². The van der Waals surface area contributed by atoms with Gasteiger partial charge in [-0.1, -0.05) is 36.4 Å². The summed E-state index contributed by atoms with van der Waals surface area (Å²) >= 11 is 0. The number of nitrogens with zero attached hydrogens (tertiary/aromatic N) is 4. The van der Waals surface area contributed by atoms with Crippen molar-refractivity contribution in [2.45, 2.75) is 38.9 Å². The molecule has 1 aliphatic rings. The smallest absolute Gasteiger partial charge is 0.328 e. The van der Waals surface area contributed by atoms with E-state index < -0.39 is 12.0 Å². The number of carbonyl (C=O) groups excluding carboxylic acids is 1. The predicted molar refractivity (Wildman–Crippen MR) is 105 cm³/mol. The number of aryl methyl sites for hydroxylation is 1. The monoisotopic (exact) mass is 394 g/mol. The van der Waals surface area contributed by atoms with Crippen LogP contribution in [0.1, 0.15) is 24.5 Å². The van der Waals surface area contributed by atoms with Gasteiger partial charge in [-0.2, -0.15) is 0 Å². The van der Waals surface area contributed by atoms with Gasteiger partial charge in [0, 0.05) is 11.8 Å². The Hall–Kier alpha value is -3.42. The summed E-state index contributed by atoms with van der Waals surface area (Å²) in [7, 11) is 0. The molecule has 2 heterocycles. The number of aromatic nitrogens is 3. The minimum absolute atomic E-state index is 0.154. The molecule has 1 atom stereocenters. The average Bonchev–Trinajstić information content (AvgIpc) is 3.10. The number of ether oxygens (including phenoxy) is 1. The molecule has 0 saturated heterocycles. The first-order chi connectivity index (χ1) is 14.0. The molecular weight excluding hydrogens is 372 g/mol. The fourth-order valence-corrected chi connectivity index (χ4v) is 3.66. The van der Waals surface area contributed by atoms with Crippen molar-refractivity contribution in [2.75, 3.05) is 6.61 Å². The number of carboxylic acids is 1. The average molecular weight is 394 g/mol. The summed E-state index contributed by atoms with van der Waals surface area (Å²) in [6, 6.07) is 12.9. The molecule has 29 heavy (non-hydrogen) atoms. The summed E-state index contributed by atoms with van der Waals surface area (Å²) in [6.07, 6.45) is 0.707. The molecule has 4 rings (SSSR count). The van der Waals surface area contributed by atoms with Crippen LogP contribution in [0.25, 0.3) is 10.8 Å². The molecule has 1 aromatic heterocycles. The van der Waals surface area contributed by atoms with Crippen molar-refractivity contribution >= 4 is 22.6 Å². The third kappa shape index (κ3) is 3.78. The lowest BCUT2D eigenvalue weighted by molar-refractivity contribution is -0.152. The van der Waals surface area contributed by atoms with Gasteiger partial charge >= 0.3 is 5.97 Å². The quantitative estimate of drug-likeness (QED) is 0.645. The molecule has 0 aliphatic carbocycles. The van der Waals surface area contributed by atoms with E-state index in [0.717, 1.165) is 16.5 Å². The van der Waals surface area contributed by atoms with Crippen LogP contribution in [0, 0.1) is 6.92 Å². The highest BCUT2D eigenvalue weighted by Crippen LogP contribution is 2.25. The van der Waals surface area contributed by atoms with E-state index in [1.54, 1.807) is 11.5 Å². The lowest BCUT2D eigenvalue weighted by Gasteiger charge is -2.33. The van der Waals surface area contributed by atoms with Crippen LogP contribution in [-0.2, 0) is 22.7 Å². The molecule has 0 bridgehead atoms. The van der Waals surface area contributed by atoms with Crippen molar-refractivity contribution in [1.29, 1.82) is 0 Å². The van der Waals surface area contributed by atoms with Crippen molar-refractivity contribution < 1.29 is 19.4 Å². The lowest BCUT2D eigenvalue weighted by Crippen LogP contribution is -2.50. The Morgan fingerprint density at radius 1 is 1.17 bits per heavy atom. The lowest BCUT2D eigenvalue weighted by atomic mass is 10.1. The Kier molecular flexibility index (Phi) is 5.16. The molecule has 1 aliphatic heterocycles. The zero-order valence-electron chi connectivity index (χ0n) is 16.1. The summed E-state index contributed by atoms with van der Waals surface area (Å²) in [5, 5.41) is 19.7. The molecule has 3 aromatic rings. The minimum Gasteiger partial charge on any atom is -0.493 e. The number of benzene rings is 2. The van der Waals surface area contributed by atoms with Crippen LogP contribution >= 0.6 is 0 Å². The van der Waals surface area contributed by atoms with E-state index in [2.05, 4.69) is 10.2 Å². The van der Waals surface area contributed by atoms with Gasteiger partial charge in [-0.05, 0) is 24.8 Å². The molecule has 2 aromatic carbocycles. The van der Waals surface area contributed by atoms with Gasteiger partial charge in [0.1, 0.15) is 17.6 Å². The summed E-state index contributed by atoms with van der Waals surface area (Å²) in [5.74, 6) is 0.803. The van der Waals surface area contributed by atoms with E-state index in [0.29, 0.717) is 24.7 Å². The highest BCUT2D eigenvalue weighted by molar-refractivity contribution is 5.88. The third-order valence-corrected chi connectivity index (χ3v) is 5.20. The highest BCUT2D eigenvalue weighted by atomic mass is 16.5. The first kappa shape index (κ1) is 18.9. The van der Waals surface area contributed by atoms with Crippen LogP contribution in [0.4, 0.5) is 0 Å². The van der Waals surface area contributed by atoms with E-state index in [1.165, 1.54) is 4.90 Å². The Morgan fingerprint density at radius 2 is 1.97 bits per heavy atom. The largest absolute Gasteiger partial charge is 0.493 e. The van der Waals surface area contributed by atoms with E-state index in [4.69, 9.17) is 4.74 Å². The number of amides is 1. The normalized spacial score (nSPS) is 15.9. The standard InChI is InChI=1S/C21H22N4O4/c1-14-22-23-19-13-25(17(21(27)28)12-24(14)19)20(26)10-5-11-29-18-9-4-7-15-6-2-3-8-16(15)18/h2-4,6-9,17H,5,10-13H2,1H3,(H,27,28). The maximum absolute atomic E-state index is 12.7. The number of aliphatic carboxylic acids is 1. The third-order valence-electron chi connectivity index (χ3n) is 5.20. The first-order valence-corrected chi connectivity index (χ1v) is 9.56. The van der Waals surface area contributed by atoms with Crippen molar-refractivity contribution in [2.24, 2.45) is 0 Å². The van der Waals surface area contributed by atoms with Crippen molar-refractivity contribution in [3.8, 4) is 5.75 Å². The summed E-state index contributed by atoms with van der Waals surface area (Å²) in [5.41, 5.74) is 0. The Labute approximate surface area is 167 Å². The Morgan fingerprint density at radius 3 is 2.79 bits per heavy atom. The van der Waals surface area contributed by atoms with Gasteiger partial charge in [0.25, 0.3) is 0 Å². The van der Waals surface area contributed by atoms with Crippen molar-refractivity contribution in [3.63, 3.8) is 0 Å². The first-order valence-electron chi connectivity index (χ1n) is 9.56. The van der Waals surface area contributed by atoms with Gasteiger partial charge < -0.3 is 19.3 Å². The molecule has 150 valence electrons. The maximum Gasteiger partial charge on any atom is 0.328 e. The zero-order chi connectivity index (χ0) is 20.4. The zero-order valence-corrected chi connectivity index (χ0v) is 16.1. The molecule has 0 fully saturated rings. The van der Waals surface area contributed by atoms with E-state index in [1.807, 2.05) is 42.5 Å². The van der Waals surface area contributed by atoms with Crippen LogP contribution in [0.15, 0.2) is 42.5 Å². The Bertz CT molecular complexity index is 1060. The fraction of sp³-hybridized carbons (Fsp3) is 0.333. The van der Waals surface area contributed by atoms with Crippen LogP contribution in [0.2, 0.25) is 0 Å². The number of hydrogen-bond acceptors (Lipinski definition) is 5. The highest BCUT2D eigenvalue weighted by Gasteiger charge is 2.35. The topological polar surface area (TPSA) is 97.5 Å². The van der Waals surface area contributed by atoms with E-state index in [-0.39, 0.29) is 25.4 Å². The van der Waals surface area contributed by atoms with Crippen molar-refractivity contribution in [1.82, 2.24) is 19.7 Å². The second-order valence-electron chi connectivity index (χ2n) is 7.08. The van der Waals surface area contributed by atoms with Gasteiger partial charge in [-0.25, -0.2) is 4.79 Å². The molecule has 0 saturated carbocycles. The second kappa shape index (κ2) is 7.90. The van der Waals surface area contributed by atoms with Crippen LogP contribution < -0.4 is 4.74 Å². The number of hydrogen-bond donors (Lipinski definition) is 1. The number of carbonyl (C=O) groups is 2. The summed E-state index contributed by atoms with van der Waals surface area (Å²) < 4.78 is 7.63. The molecule has 0 spiro atoms. The molecule has 1 amide bonds. The van der Waals surface area contributed by atoms with Gasteiger partial charge in [-0.3, -0.25) is 4.79 Å². The second-order valence-corrected chi connectivity index (χ2v) is 7.08. The fourth-order valence-electron chi connectivity index (χ4n) is 3.66. The number of carboxylic acid groups (broad SMARTS) is 1. The van der Waals surface area contributed by atoms with Gasteiger partial charge in [0.2, 0.25) is 5.91 Å². The van der Waals surface area contributed by atoms with Crippen LogP contribution in [-0.4, -0.2) is 49.3 Å². The van der Waals surface area contributed by atoms with Gasteiger partial charge in [0.05, 0.1) is 19.7 Å². The van der Waals surface area contributed by atoms with E-state index >= 15 is 0 Å².